The normalized spacial score (nSPS) is 18.5. The Morgan fingerprint density at radius 2 is 2.17 bits per heavy atom. The summed E-state index contributed by atoms with van der Waals surface area (Å²) < 4.78 is 0. The summed E-state index contributed by atoms with van der Waals surface area (Å²) in [4.78, 5) is 18.0. The van der Waals surface area contributed by atoms with Crippen LogP contribution in [0.3, 0.4) is 0 Å². The van der Waals surface area contributed by atoms with E-state index in [0.717, 1.165) is 11.1 Å². The standard InChI is InChI=1S/C17H18ClN5O/c1-23(12-4-2-3-5-12)17-21-14(16(24)22-17)6-10-8-19-15-13(10)7-11(18)9-20-15/h6-9,12,24H,2-5H2,1H3,(H,21,22)/b10-6-. The largest absolute Gasteiger partial charge is 0.492 e. The summed E-state index contributed by atoms with van der Waals surface area (Å²) in [7, 11) is 2.02. The quantitative estimate of drug-likeness (QED) is 0.888. The Bertz CT molecular complexity index is 836. The molecule has 3 heterocycles. The third-order valence-corrected chi connectivity index (χ3v) is 4.88. The van der Waals surface area contributed by atoms with Gasteiger partial charge in [0.05, 0.1) is 5.02 Å². The molecule has 0 aromatic carbocycles. The Morgan fingerprint density at radius 3 is 2.96 bits per heavy atom. The van der Waals surface area contributed by atoms with Crippen molar-refractivity contribution in [2.45, 2.75) is 31.7 Å². The number of anilines is 1. The highest BCUT2D eigenvalue weighted by atomic mass is 35.5. The zero-order valence-corrected chi connectivity index (χ0v) is 14.1. The second kappa shape index (κ2) is 5.94. The number of imidazole rings is 1. The summed E-state index contributed by atoms with van der Waals surface area (Å²) >= 11 is 6.02. The van der Waals surface area contributed by atoms with Crippen molar-refractivity contribution in [1.82, 2.24) is 15.0 Å². The first kappa shape index (κ1) is 15.2. The summed E-state index contributed by atoms with van der Waals surface area (Å²) in [5, 5.41) is 10.7. The number of aromatic nitrogens is 3. The van der Waals surface area contributed by atoms with Gasteiger partial charge in [0.1, 0.15) is 5.69 Å². The van der Waals surface area contributed by atoms with Crippen LogP contribution in [0.5, 0.6) is 5.88 Å². The minimum Gasteiger partial charge on any atom is -0.492 e. The lowest BCUT2D eigenvalue weighted by atomic mass is 10.1. The highest BCUT2D eigenvalue weighted by Crippen LogP contribution is 2.34. The molecule has 2 aromatic rings. The predicted molar refractivity (Wildman–Crippen MR) is 96.2 cm³/mol. The lowest BCUT2D eigenvalue weighted by Gasteiger charge is -2.23. The molecule has 6 nitrogen and oxygen atoms in total. The Hall–Kier alpha value is -2.34. The highest BCUT2D eigenvalue weighted by Gasteiger charge is 2.23. The van der Waals surface area contributed by atoms with Gasteiger partial charge in [0.2, 0.25) is 11.8 Å². The smallest absolute Gasteiger partial charge is 0.238 e. The Labute approximate surface area is 144 Å². The third-order valence-electron chi connectivity index (χ3n) is 4.68. The molecule has 0 saturated heterocycles. The number of nitrogens with zero attached hydrogens (tertiary/aromatic N) is 4. The van der Waals surface area contributed by atoms with Crippen LogP contribution in [0.4, 0.5) is 11.8 Å². The second-order valence-electron chi connectivity index (χ2n) is 6.23. The van der Waals surface area contributed by atoms with Crippen molar-refractivity contribution in [2.75, 3.05) is 11.9 Å². The van der Waals surface area contributed by atoms with Gasteiger partial charge in [-0.1, -0.05) is 24.4 Å². The van der Waals surface area contributed by atoms with Crippen LogP contribution in [0.1, 0.15) is 36.9 Å². The molecule has 124 valence electrons. The summed E-state index contributed by atoms with van der Waals surface area (Å²) in [5.41, 5.74) is 2.25. The summed E-state index contributed by atoms with van der Waals surface area (Å²) in [6.45, 7) is 0. The van der Waals surface area contributed by atoms with E-state index in [1.54, 1.807) is 12.4 Å². The fourth-order valence-electron chi connectivity index (χ4n) is 3.32. The third kappa shape index (κ3) is 2.67. The second-order valence-corrected chi connectivity index (χ2v) is 6.67. The monoisotopic (exact) mass is 343 g/mol. The number of aliphatic imine (C=N–C) groups is 1. The van der Waals surface area contributed by atoms with Gasteiger partial charge in [0, 0.05) is 36.6 Å². The molecule has 7 heteroatoms. The lowest BCUT2D eigenvalue weighted by Crippen LogP contribution is -2.29. The van der Waals surface area contributed by atoms with Crippen molar-refractivity contribution in [1.29, 1.82) is 0 Å². The van der Waals surface area contributed by atoms with Gasteiger partial charge in [-0.05, 0) is 25.0 Å². The van der Waals surface area contributed by atoms with Crippen LogP contribution in [0.15, 0.2) is 17.3 Å². The fourth-order valence-corrected chi connectivity index (χ4v) is 3.47. The van der Waals surface area contributed by atoms with Gasteiger partial charge >= 0.3 is 0 Å². The maximum Gasteiger partial charge on any atom is 0.238 e. The Morgan fingerprint density at radius 1 is 1.38 bits per heavy atom. The topological polar surface area (TPSA) is 77.4 Å². The molecule has 1 saturated carbocycles. The highest BCUT2D eigenvalue weighted by molar-refractivity contribution is 6.31. The number of halogens is 1. The molecule has 2 aliphatic rings. The molecule has 1 aliphatic heterocycles. The zero-order valence-electron chi connectivity index (χ0n) is 13.3. The van der Waals surface area contributed by atoms with Gasteiger partial charge in [-0.25, -0.2) is 9.98 Å². The van der Waals surface area contributed by atoms with Crippen LogP contribution in [0, 0.1) is 0 Å². The number of allylic oxidation sites excluding steroid dienone is 1. The summed E-state index contributed by atoms with van der Waals surface area (Å²) in [5.74, 6) is 1.30. The SMILES string of the molecule is CN(c1nc(O)c(/C=C2/C=Nc3ncc(Cl)cc32)[nH]1)C1CCCC1. The number of hydrogen-bond acceptors (Lipinski definition) is 5. The average Bonchev–Trinajstić information content (AvgIpc) is 3.29. The molecule has 0 radical (unpaired) electrons. The molecule has 0 amide bonds. The van der Waals surface area contributed by atoms with Crippen LogP contribution in [0.25, 0.3) is 11.6 Å². The maximum atomic E-state index is 10.2. The lowest BCUT2D eigenvalue weighted by molar-refractivity contribution is 0.455. The Kier molecular flexibility index (Phi) is 3.76. The molecular formula is C17H18ClN5O. The molecule has 0 atom stereocenters. The van der Waals surface area contributed by atoms with Crippen LogP contribution in [-0.2, 0) is 0 Å². The first-order valence-electron chi connectivity index (χ1n) is 8.05. The van der Waals surface area contributed by atoms with Crippen LogP contribution < -0.4 is 4.90 Å². The molecule has 24 heavy (non-hydrogen) atoms. The number of H-pyrrole nitrogens is 1. The van der Waals surface area contributed by atoms with Crippen molar-refractivity contribution in [3.05, 3.63) is 28.5 Å². The maximum absolute atomic E-state index is 10.2. The molecule has 2 N–H and O–H groups in total. The minimum atomic E-state index is -0.0146. The van der Waals surface area contributed by atoms with E-state index < -0.39 is 0 Å². The molecule has 0 spiro atoms. The van der Waals surface area contributed by atoms with E-state index >= 15 is 0 Å². The number of fused-ring (bicyclic) bond motifs is 1. The fraction of sp³-hybridized carbons (Fsp3) is 0.353. The van der Waals surface area contributed by atoms with E-state index in [1.807, 2.05) is 19.2 Å². The van der Waals surface area contributed by atoms with Crippen molar-refractivity contribution < 1.29 is 5.11 Å². The molecule has 1 fully saturated rings. The summed E-state index contributed by atoms with van der Waals surface area (Å²) in [6, 6.07) is 2.30. The van der Waals surface area contributed by atoms with Gasteiger partial charge in [0.15, 0.2) is 5.82 Å². The number of aromatic hydroxyl groups is 1. The zero-order chi connectivity index (χ0) is 16.7. The van der Waals surface area contributed by atoms with E-state index in [9.17, 15) is 5.11 Å². The number of aromatic amines is 1. The van der Waals surface area contributed by atoms with Crippen LogP contribution in [-0.4, -0.2) is 39.4 Å². The van der Waals surface area contributed by atoms with Gasteiger partial charge in [0.25, 0.3) is 0 Å². The van der Waals surface area contributed by atoms with Crippen molar-refractivity contribution in [2.24, 2.45) is 4.99 Å². The molecule has 1 aliphatic carbocycles. The number of nitrogens with one attached hydrogen (secondary N) is 1. The first-order chi connectivity index (χ1) is 11.6. The van der Waals surface area contributed by atoms with Crippen LogP contribution in [0.2, 0.25) is 5.02 Å². The van der Waals surface area contributed by atoms with Crippen molar-refractivity contribution in [3.63, 3.8) is 0 Å². The van der Waals surface area contributed by atoms with E-state index in [4.69, 9.17) is 11.6 Å². The molecular weight excluding hydrogens is 326 g/mol. The minimum absolute atomic E-state index is 0.0146. The van der Waals surface area contributed by atoms with E-state index in [-0.39, 0.29) is 5.88 Å². The molecule has 0 unspecified atom stereocenters. The summed E-state index contributed by atoms with van der Waals surface area (Å²) in [6.07, 6.45) is 9.94. The van der Waals surface area contributed by atoms with E-state index in [0.29, 0.717) is 28.5 Å². The average molecular weight is 344 g/mol. The van der Waals surface area contributed by atoms with E-state index in [1.165, 1.54) is 25.7 Å². The molecule has 2 aromatic heterocycles. The number of rotatable bonds is 3. The number of pyridine rings is 1. The first-order valence-corrected chi connectivity index (χ1v) is 8.43. The van der Waals surface area contributed by atoms with Crippen molar-refractivity contribution >= 4 is 41.2 Å². The number of hydrogen-bond donors (Lipinski definition) is 2. The van der Waals surface area contributed by atoms with Gasteiger partial charge in [-0.2, -0.15) is 4.98 Å². The predicted octanol–water partition coefficient (Wildman–Crippen LogP) is 3.80. The Balaban J connectivity index is 1.64. The van der Waals surface area contributed by atoms with Gasteiger partial charge in [-0.3, -0.25) is 0 Å². The molecule has 0 bridgehead atoms. The van der Waals surface area contributed by atoms with Crippen LogP contribution >= 0.6 is 11.6 Å². The van der Waals surface area contributed by atoms with E-state index in [2.05, 4.69) is 24.8 Å². The van der Waals surface area contributed by atoms with Crippen molar-refractivity contribution in [3.8, 4) is 5.88 Å². The molecule has 4 rings (SSSR count). The van der Waals surface area contributed by atoms with Gasteiger partial charge in [-0.15, -0.1) is 0 Å². The van der Waals surface area contributed by atoms with Gasteiger partial charge < -0.3 is 15.0 Å².